The van der Waals surface area contributed by atoms with Crippen LogP contribution in [-0.2, 0) is 0 Å². The number of imidazole rings is 1. The van der Waals surface area contributed by atoms with Gasteiger partial charge in [0.1, 0.15) is 5.82 Å². The van der Waals surface area contributed by atoms with E-state index < -0.39 is 11.7 Å². The monoisotopic (exact) mass is 411 g/mol. The van der Waals surface area contributed by atoms with E-state index in [1.165, 1.54) is 23.0 Å². The molecule has 0 saturated heterocycles. The van der Waals surface area contributed by atoms with Gasteiger partial charge >= 0.3 is 0 Å². The zero-order valence-corrected chi connectivity index (χ0v) is 17.2. The van der Waals surface area contributed by atoms with Crippen LogP contribution in [-0.4, -0.2) is 37.6 Å². The molecule has 8 nitrogen and oxygen atoms in total. The lowest BCUT2D eigenvalue weighted by Gasteiger charge is -2.18. The Morgan fingerprint density at radius 2 is 2.13 bits per heavy atom. The van der Waals surface area contributed by atoms with E-state index in [1.54, 1.807) is 0 Å². The standard InChI is InChI=1S/C21H26FN7O/c1-3-5-13(4-2)26-19-10-17(25-14-6-7-14)20-24-12-18(29(20)28-19)21(30)27-16-8-9-23-11-15(16)22/h8-14,25H,3-7H2,1-2H3,(H,26,28)(H,23,27,30). The highest BCUT2D eigenvalue weighted by atomic mass is 19.1. The molecule has 3 aromatic rings. The van der Waals surface area contributed by atoms with Crippen LogP contribution in [0, 0.1) is 5.82 Å². The van der Waals surface area contributed by atoms with Crippen LogP contribution < -0.4 is 16.0 Å². The Morgan fingerprint density at radius 1 is 1.30 bits per heavy atom. The van der Waals surface area contributed by atoms with Crippen LogP contribution in [0.2, 0.25) is 0 Å². The van der Waals surface area contributed by atoms with Crippen molar-refractivity contribution in [2.45, 2.75) is 58.0 Å². The molecule has 9 heteroatoms. The molecular weight excluding hydrogens is 385 g/mol. The summed E-state index contributed by atoms with van der Waals surface area (Å²) < 4.78 is 15.4. The maximum absolute atomic E-state index is 13.9. The molecule has 0 aliphatic heterocycles. The van der Waals surface area contributed by atoms with Crippen molar-refractivity contribution < 1.29 is 9.18 Å². The molecule has 0 spiro atoms. The van der Waals surface area contributed by atoms with E-state index >= 15 is 0 Å². The van der Waals surface area contributed by atoms with Crippen molar-refractivity contribution in [3.63, 3.8) is 0 Å². The summed E-state index contributed by atoms with van der Waals surface area (Å²) in [5, 5.41) is 14.1. The van der Waals surface area contributed by atoms with Crippen molar-refractivity contribution in [3.05, 3.63) is 42.2 Å². The number of hydrogen-bond donors (Lipinski definition) is 3. The highest BCUT2D eigenvalue weighted by Gasteiger charge is 2.24. The second-order valence-electron chi connectivity index (χ2n) is 7.59. The SMILES string of the molecule is CCCC(CC)Nc1cc(NC2CC2)c2ncc(C(=O)Nc3ccncc3F)n2n1. The van der Waals surface area contributed by atoms with Crippen molar-refractivity contribution in [1.82, 2.24) is 19.6 Å². The van der Waals surface area contributed by atoms with Gasteiger partial charge in [-0.05, 0) is 31.7 Å². The number of halogens is 1. The predicted octanol–water partition coefficient (Wildman–Crippen LogP) is 4.08. The van der Waals surface area contributed by atoms with Crippen LogP contribution >= 0.6 is 0 Å². The van der Waals surface area contributed by atoms with Gasteiger partial charge in [-0.25, -0.2) is 13.9 Å². The molecule has 1 atom stereocenters. The average Bonchev–Trinajstić information content (AvgIpc) is 3.44. The first-order chi connectivity index (χ1) is 14.6. The maximum atomic E-state index is 13.9. The van der Waals surface area contributed by atoms with Crippen LogP contribution in [0.25, 0.3) is 5.65 Å². The molecule has 30 heavy (non-hydrogen) atoms. The fraction of sp³-hybridized carbons (Fsp3) is 0.429. The molecule has 3 heterocycles. The molecule has 1 aliphatic rings. The van der Waals surface area contributed by atoms with E-state index in [0.29, 0.717) is 23.5 Å². The molecule has 4 rings (SSSR count). The Kier molecular flexibility index (Phi) is 5.78. The molecule has 1 unspecified atom stereocenters. The molecule has 1 fully saturated rings. The fourth-order valence-electron chi connectivity index (χ4n) is 3.35. The molecule has 1 amide bonds. The summed E-state index contributed by atoms with van der Waals surface area (Å²) in [5.74, 6) is -0.417. The summed E-state index contributed by atoms with van der Waals surface area (Å²) in [6.45, 7) is 4.28. The number of carbonyl (C=O) groups is 1. The lowest BCUT2D eigenvalue weighted by atomic mass is 10.1. The van der Waals surface area contributed by atoms with Crippen LogP contribution in [0.4, 0.5) is 21.6 Å². The molecule has 1 saturated carbocycles. The Morgan fingerprint density at radius 3 is 2.83 bits per heavy atom. The normalized spacial score (nSPS) is 14.5. The summed E-state index contributed by atoms with van der Waals surface area (Å²) in [7, 11) is 0. The third-order valence-electron chi connectivity index (χ3n) is 5.14. The largest absolute Gasteiger partial charge is 0.379 e. The topological polar surface area (TPSA) is 96.2 Å². The van der Waals surface area contributed by atoms with Gasteiger partial charge in [-0.3, -0.25) is 9.78 Å². The van der Waals surface area contributed by atoms with Crippen LogP contribution in [0.5, 0.6) is 0 Å². The highest BCUT2D eigenvalue weighted by Crippen LogP contribution is 2.29. The quantitative estimate of drug-likeness (QED) is 0.491. The van der Waals surface area contributed by atoms with E-state index in [9.17, 15) is 9.18 Å². The number of nitrogens with zero attached hydrogens (tertiary/aromatic N) is 4. The number of hydrogen-bond acceptors (Lipinski definition) is 6. The molecule has 1 aliphatic carbocycles. The van der Waals surface area contributed by atoms with E-state index in [4.69, 9.17) is 0 Å². The zero-order valence-electron chi connectivity index (χ0n) is 17.2. The van der Waals surface area contributed by atoms with Gasteiger partial charge in [0.05, 0.1) is 23.8 Å². The van der Waals surface area contributed by atoms with Gasteiger partial charge in [-0.15, -0.1) is 5.10 Å². The third-order valence-corrected chi connectivity index (χ3v) is 5.14. The molecule has 0 aromatic carbocycles. The first-order valence-electron chi connectivity index (χ1n) is 10.4. The molecule has 3 aromatic heterocycles. The van der Waals surface area contributed by atoms with Gasteiger partial charge in [-0.2, -0.15) is 0 Å². The predicted molar refractivity (Wildman–Crippen MR) is 114 cm³/mol. The minimum absolute atomic E-state index is 0.0598. The second kappa shape index (κ2) is 8.64. The van der Waals surface area contributed by atoms with Crippen molar-refractivity contribution in [2.75, 3.05) is 16.0 Å². The maximum Gasteiger partial charge on any atom is 0.276 e. The minimum Gasteiger partial charge on any atom is -0.379 e. The number of rotatable bonds is 9. The Hall–Kier alpha value is -3.23. The number of pyridine rings is 1. The molecule has 0 radical (unpaired) electrons. The number of nitrogens with one attached hydrogen (secondary N) is 3. The molecule has 158 valence electrons. The van der Waals surface area contributed by atoms with Crippen LogP contribution in [0.3, 0.4) is 0 Å². The number of fused-ring (bicyclic) bond motifs is 1. The van der Waals surface area contributed by atoms with Crippen molar-refractivity contribution in [2.24, 2.45) is 0 Å². The molecule has 0 bridgehead atoms. The van der Waals surface area contributed by atoms with E-state index in [0.717, 1.165) is 44.0 Å². The van der Waals surface area contributed by atoms with Gasteiger partial charge in [0.2, 0.25) is 0 Å². The Balaban J connectivity index is 1.68. The van der Waals surface area contributed by atoms with Crippen molar-refractivity contribution in [1.29, 1.82) is 0 Å². The lowest BCUT2D eigenvalue weighted by molar-refractivity contribution is 0.102. The number of amides is 1. The third kappa shape index (κ3) is 4.34. The highest BCUT2D eigenvalue weighted by molar-refractivity contribution is 6.03. The van der Waals surface area contributed by atoms with Gasteiger partial charge in [0, 0.05) is 24.3 Å². The number of carbonyl (C=O) groups excluding carboxylic acids is 1. The summed E-state index contributed by atoms with van der Waals surface area (Å²) in [6.07, 6.45) is 9.22. The average molecular weight is 411 g/mol. The molecule has 3 N–H and O–H groups in total. The van der Waals surface area contributed by atoms with E-state index in [2.05, 4.69) is 44.9 Å². The van der Waals surface area contributed by atoms with Gasteiger partial charge in [-0.1, -0.05) is 20.3 Å². The van der Waals surface area contributed by atoms with Crippen molar-refractivity contribution >= 4 is 28.7 Å². The first kappa shape index (κ1) is 20.1. The van der Waals surface area contributed by atoms with Gasteiger partial charge < -0.3 is 16.0 Å². The Labute approximate surface area is 174 Å². The zero-order chi connectivity index (χ0) is 21.1. The van der Waals surface area contributed by atoms with Crippen LogP contribution in [0.1, 0.15) is 56.4 Å². The summed E-state index contributed by atoms with van der Waals surface area (Å²) in [4.78, 5) is 20.9. The van der Waals surface area contributed by atoms with E-state index in [1.807, 2.05) is 6.07 Å². The van der Waals surface area contributed by atoms with Gasteiger partial charge in [0.25, 0.3) is 5.91 Å². The summed E-state index contributed by atoms with van der Waals surface area (Å²) >= 11 is 0. The second-order valence-corrected chi connectivity index (χ2v) is 7.59. The summed E-state index contributed by atoms with van der Waals surface area (Å²) in [6, 6.07) is 4.07. The minimum atomic E-state index is -0.601. The number of anilines is 3. The van der Waals surface area contributed by atoms with Gasteiger partial charge in [0.15, 0.2) is 17.2 Å². The Bertz CT molecular complexity index is 1050. The first-order valence-corrected chi connectivity index (χ1v) is 10.4. The lowest BCUT2D eigenvalue weighted by Crippen LogP contribution is -2.21. The smallest absolute Gasteiger partial charge is 0.276 e. The van der Waals surface area contributed by atoms with Crippen LogP contribution in [0.15, 0.2) is 30.7 Å². The fourth-order valence-corrected chi connectivity index (χ4v) is 3.35. The molecular formula is C21H26FN7O. The summed E-state index contributed by atoms with van der Waals surface area (Å²) in [5.41, 5.74) is 1.68. The number of aromatic nitrogens is 4. The van der Waals surface area contributed by atoms with Crippen molar-refractivity contribution in [3.8, 4) is 0 Å². The van der Waals surface area contributed by atoms with E-state index in [-0.39, 0.29) is 11.4 Å².